The van der Waals surface area contributed by atoms with E-state index in [1.807, 2.05) is 35.4 Å². The minimum absolute atomic E-state index is 0.0962. The van der Waals surface area contributed by atoms with E-state index in [9.17, 15) is 4.79 Å². The smallest absolute Gasteiger partial charge is 0.254 e. The molecule has 1 amide bonds. The van der Waals surface area contributed by atoms with Gasteiger partial charge in [0.2, 0.25) is 0 Å². The number of aliphatic hydroxyl groups excluding tert-OH is 1. The number of benzene rings is 1. The van der Waals surface area contributed by atoms with E-state index in [2.05, 4.69) is 9.88 Å². The van der Waals surface area contributed by atoms with Gasteiger partial charge in [0.25, 0.3) is 5.91 Å². The van der Waals surface area contributed by atoms with Crippen molar-refractivity contribution in [2.75, 3.05) is 39.3 Å². The van der Waals surface area contributed by atoms with Crippen molar-refractivity contribution in [2.24, 2.45) is 0 Å². The van der Waals surface area contributed by atoms with E-state index in [0.29, 0.717) is 6.54 Å². The first-order valence-corrected chi connectivity index (χ1v) is 6.98. The highest BCUT2D eigenvalue weighted by atomic mass is 16.3. The molecular weight excluding hydrogens is 254 g/mol. The highest BCUT2D eigenvalue weighted by molar-refractivity contribution is 6.06. The number of aromatic nitrogens is 1. The van der Waals surface area contributed by atoms with Gasteiger partial charge in [0.1, 0.15) is 0 Å². The van der Waals surface area contributed by atoms with Crippen molar-refractivity contribution >= 4 is 16.8 Å². The number of hydrogen-bond acceptors (Lipinski definition) is 3. The topological polar surface area (TPSA) is 59.6 Å². The number of fused-ring (bicyclic) bond motifs is 1. The summed E-state index contributed by atoms with van der Waals surface area (Å²) in [5.74, 6) is 0.0962. The monoisotopic (exact) mass is 273 g/mol. The van der Waals surface area contributed by atoms with E-state index in [1.54, 1.807) is 0 Å². The highest BCUT2D eigenvalue weighted by Crippen LogP contribution is 2.19. The average Bonchev–Trinajstić information content (AvgIpc) is 2.96. The zero-order chi connectivity index (χ0) is 13.9. The summed E-state index contributed by atoms with van der Waals surface area (Å²) in [4.78, 5) is 19.8. The molecule has 0 spiro atoms. The van der Waals surface area contributed by atoms with Crippen LogP contribution in [0.5, 0.6) is 0 Å². The van der Waals surface area contributed by atoms with E-state index >= 15 is 0 Å². The Morgan fingerprint density at radius 2 is 2.00 bits per heavy atom. The number of H-pyrrole nitrogens is 1. The lowest BCUT2D eigenvalue weighted by Gasteiger charge is -2.34. The molecule has 2 N–H and O–H groups in total. The Labute approximate surface area is 117 Å². The van der Waals surface area contributed by atoms with Gasteiger partial charge in [-0.1, -0.05) is 6.07 Å². The summed E-state index contributed by atoms with van der Waals surface area (Å²) >= 11 is 0. The third-order valence-corrected chi connectivity index (χ3v) is 3.90. The van der Waals surface area contributed by atoms with Gasteiger partial charge in [0, 0.05) is 55.4 Å². The van der Waals surface area contributed by atoms with E-state index in [4.69, 9.17) is 5.11 Å². The summed E-state index contributed by atoms with van der Waals surface area (Å²) in [6.07, 6.45) is 1.86. The first-order valence-electron chi connectivity index (χ1n) is 6.98. The number of rotatable bonds is 3. The van der Waals surface area contributed by atoms with Gasteiger partial charge in [0.05, 0.1) is 6.61 Å². The van der Waals surface area contributed by atoms with Crippen LogP contribution in [0.2, 0.25) is 0 Å². The summed E-state index contributed by atoms with van der Waals surface area (Å²) in [6.45, 7) is 3.97. The third kappa shape index (κ3) is 2.42. The summed E-state index contributed by atoms with van der Waals surface area (Å²) in [5.41, 5.74) is 1.76. The van der Waals surface area contributed by atoms with Crippen molar-refractivity contribution in [3.8, 4) is 0 Å². The minimum atomic E-state index is 0.0962. The molecule has 3 rings (SSSR count). The molecule has 106 valence electrons. The van der Waals surface area contributed by atoms with Gasteiger partial charge in [-0.2, -0.15) is 0 Å². The van der Waals surface area contributed by atoms with Crippen LogP contribution in [0.15, 0.2) is 30.5 Å². The first-order chi connectivity index (χ1) is 9.79. The fourth-order valence-electron chi connectivity index (χ4n) is 2.76. The van der Waals surface area contributed by atoms with Gasteiger partial charge in [-0.3, -0.25) is 9.69 Å². The molecule has 1 aliphatic heterocycles. The molecule has 1 aromatic carbocycles. The van der Waals surface area contributed by atoms with Crippen LogP contribution in [0.25, 0.3) is 10.9 Å². The summed E-state index contributed by atoms with van der Waals surface area (Å²) in [6, 6.07) is 7.72. The number of carbonyl (C=O) groups is 1. The Kier molecular flexibility index (Phi) is 3.71. The Hall–Kier alpha value is -1.85. The lowest BCUT2D eigenvalue weighted by atomic mass is 10.1. The van der Waals surface area contributed by atoms with Gasteiger partial charge >= 0.3 is 0 Å². The maximum Gasteiger partial charge on any atom is 0.254 e. The first kappa shape index (κ1) is 13.1. The minimum Gasteiger partial charge on any atom is -0.395 e. The highest BCUT2D eigenvalue weighted by Gasteiger charge is 2.22. The predicted octanol–water partition coefficient (Wildman–Crippen LogP) is 0.918. The van der Waals surface area contributed by atoms with Crippen molar-refractivity contribution < 1.29 is 9.90 Å². The second-order valence-corrected chi connectivity index (χ2v) is 5.10. The maximum atomic E-state index is 12.6. The number of β-amino-alcohol motifs (C(OH)–C–C–N with tert-alkyl or cyclic N) is 1. The van der Waals surface area contributed by atoms with Crippen molar-refractivity contribution in [2.45, 2.75) is 0 Å². The van der Waals surface area contributed by atoms with Crippen LogP contribution in [0.3, 0.4) is 0 Å². The van der Waals surface area contributed by atoms with Crippen molar-refractivity contribution in [3.63, 3.8) is 0 Å². The fraction of sp³-hybridized carbons (Fsp3) is 0.400. The number of aromatic amines is 1. The third-order valence-electron chi connectivity index (χ3n) is 3.90. The molecule has 2 aromatic rings. The van der Waals surface area contributed by atoms with Crippen molar-refractivity contribution in [1.29, 1.82) is 0 Å². The lowest BCUT2D eigenvalue weighted by Crippen LogP contribution is -2.49. The van der Waals surface area contributed by atoms with Gasteiger partial charge in [-0.25, -0.2) is 0 Å². The molecule has 1 aromatic heterocycles. The normalized spacial score (nSPS) is 16.8. The number of aliphatic hydroxyl groups is 1. The number of amides is 1. The number of piperazine rings is 1. The van der Waals surface area contributed by atoms with Crippen LogP contribution in [0.1, 0.15) is 10.4 Å². The van der Waals surface area contributed by atoms with E-state index in [1.165, 1.54) is 0 Å². The molecular formula is C15H19N3O2. The molecule has 0 saturated carbocycles. The molecule has 0 bridgehead atoms. The number of carbonyl (C=O) groups excluding carboxylic acids is 1. The molecule has 0 atom stereocenters. The van der Waals surface area contributed by atoms with Crippen LogP contribution < -0.4 is 0 Å². The zero-order valence-electron chi connectivity index (χ0n) is 11.4. The molecule has 0 unspecified atom stereocenters. The molecule has 1 saturated heterocycles. The van der Waals surface area contributed by atoms with Crippen LogP contribution in [-0.2, 0) is 0 Å². The van der Waals surface area contributed by atoms with Crippen LogP contribution >= 0.6 is 0 Å². The van der Waals surface area contributed by atoms with E-state index < -0.39 is 0 Å². The van der Waals surface area contributed by atoms with Crippen molar-refractivity contribution in [1.82, 2.24) is 14.8 Å². The van der Waals surface area contributed by atoms with E-state index in [0.717, 1.165) is 42.6 Å². The van der Waals surface area contributed by atoms with Gasteiger partial charge in [-0.15, -0.1) is 0 Å². The predicted molar refractivity (Wildman–Crippen MR) is 77.7 cm³/mol. The maximum absolute atomic E-state index is 12.6. The second-order valence-electron chi connectivity index (χ2n) is 5.10. The SMILES string of the molecule is O=C(c1cccc2[nH]ccc12)N1CCN(CCO)CC1. The number of hydrogen-bond donors (Lipinski definition) is 2. The molecule has 5 heteroatoms. The Morgan fingerprint density at radius 3 is 2.75 bits per heavy atom. The van der Waals surface area contributed by atoms with Crippen molar-refractivity contribution in [3.05, 3.63) is 36.0 Å². The van der Waals surface area contributed by atoms with Crippen LogP contribution in [0.4, 0.5) is 0 Å². The van der Waals surface area contributed by atoms with Crippen LogP contribution in [0, 0.1) is 0 Å². The second kappa shape index (κ2) is 5.64. The largest absolute Gasteiger partial charge is 0.395 e. The van der Waals surface area contributed by atoms with Crippen LogP contribution in [-0.4, -0.2) is 65.1 Å². The molecule has 1 fully saturated rings. The average molecular weight is 273 g/mol. The van der Waals surface area contributed by atoms with Gasteiger partial charge < -0.3 is 15.0 Å². The number of nitrogens with one attached hydrogen (secondary N) is 1. The molecule has 0 radical (unpaired) electrons. The standard InChI is InChI=1S/C15H19N3O2/c19-11-10-17-6-8-18(9-7-17)15(20)13-2-1-3-14-12(13)4-5-16-14/h1-5,16,19H,6-11H2. The quantitative estimate of drug-likeness (QED) is 0.874. The Balaban J connectivity index is 1.75. The summed E-state index contributed by atoms with van der Waals surface area (Å²) < 4.78 is 0. The summed E-state index contributed by atoms with van der Waals surface area (Å²) in [7, 11) is 0. The zero-order valence-corrected chi connectivity index (χ0v) is 11.4. The molecule has 2 heterocycles. The lowest BCUT2D eigenvalue weighted by molar-refractivity contribution is 0.0617. The Morgan fingerprint density at radius 1 is 1.20 bits per heavy atom. The molecule has 20 heavy (non-hydrogen) atoms. The molecule has 0 aliphatic carbocycles. The van der Waals surface area contributed by atoms with E-state index in [-0.39, 0.29) is 12.5 Å². The van der Waals surface area contributed by atoms with Gasteiger partial charge in [0.15, 0.2) is 0 Å². The molecule has 1 aliphatic rings. The van der Waals surface area contributed by atoms with Gasteiger partial charge in [-0.05, 0) is 18.2 Å². The fourth-order valence-corrected chi connectivity index (χ4v) is 2.76. The molecule has 5 nitrogen and oxygen atoms in total. The Bertz CT molecular complexity index is 600. The number of nitrogens with zero attached hydrogens (tertiary/aromatic N) is 2. The summed E-state index contributed by atoms with van der Waals surface area (Å²) in [5, 5.41) is 9.92.